The lowest BCUT2D eigenvalue weighted by atomic mass is 9.84. The van der Waals surface area contributed by atoms with E-state index in [1.165, 1.54) is 11.1 Å². The molecule has 1 atom stereocenters. The Morgan fingerprint density at radius 2 is 0.884 bits per heavy atom. The average Bonchev–Trinajstić information content (AvgIpc) is 3.76. The molecule has 0 spiro atoms. The zero-order chi connectivity index (χ0) is 46.1. The van der Waals surface area contributed by atoms with Crippen molar-refractivity contribution in [2.24, 2.45) is 0 Å². The third-order valence-corrected chi connectivity index (χ3v) is 13.2. The molecule has 5 heteroatoms. The van der Waals surface area contributed by atoms with Crippen LogP contribution in [0.4, 0.5) is 0 Å². The fourth-order valence-electron chi connectivity index (χ4n) is 9.79. The van der Waals surface area contributed by atoms with Crippen LogP contribution in [-0.2, 0) is 0 Å². The summed E-state index contributed by atoms with van der Waals surface area (Å²) >= 11 is 0. The second-order valence-electron chi connectivity index (χ2n) is 17.4. The highest BCUT2D eigenvalue weighted by Crippen LogP contribution is 2.46. The molecule has 0 radical (unpaired) electrons. The van der Waals surface area contributed by atoms with E-state index in [2.05, 4.69) is 199 Å². The molecule has 11 aromatic rings. The molecule has 0 saturated carbocycles. The second kappa shape index (κ2) is 17.9. The first kappa shape index (κ1) is 41.2. The summed E-state index contributed by atoms with van der Waals surface area (Å²) < 4.78 is 2.43. The van der Waals surface area contributed by atoms with Gasteiger partial charge >= 0.3 is 0 Å². The van der Waals surface area contributed by atoms with Gasteiger partial charge in [0.1, 0.15) is 0 Å². The van der Waals surface area contributed by atoms with Gasteiger partial charge in [0.05, 0.1) is 28.4 Å². The van der Waals surface area contributed by atoms with Gasteiger partial charge in [0.15, 0.2) is 17.5 Å². The van der Waals surface area contributed by atoms with Gasteiger partial charge in [-0.05, 0) is 93.4 Å². The summed E-state index contributed by atoms with van der Waals surface area (Å²) in [5, 5.41) is 12.4. The Morgan fingerprint density at radius 3 is 1.43 bits per heavy atom. The monoisotopic (exact) mass is 881 g/mol. The summed E-state index contributed by atoms with van der Waals surface area (Å²) in [5.41, 5.74) is 16.6. The molecule has 2 heterocycles. The summed E-state index contributed by atoms with van der Waals surface area (Å²) in [4.78, 5) is 15.6. The van der Waals surface area contributed by atoms with Crippen molar-refractivity contribution >= 4 is 27.4 Å². The largest absolute Gasteiger partial charge is 0.308 e. The van der Waals surface area contributed by atoms with E-state index < -0.39 is 0 Å². The quantitative estimate of drug-likeness (QED) is 0.145. The number of hydrogen-bond acceptors (Lipinski definition) is 4. The van der Waals surface area contributed by atoms with Gasteiger partial charge in [-0.1, -0.05) is 200 Å². The molecular weight excluding hydrogens is 839 g/mol. The maximum Gasteiger partial charge on any atom is 0.164 e. The molecule has 5 nitrogen and oxygen atoms in total. The number of aromatic nitrogens is 4. The van der Waals surface area contributed by atoms with Crippen LogP contribution in [0.25, 0.3) is 101 Å². The van der Waals surface area contributed by atoms with E-state index in [9.17, 15) is 5.26 Å². The fourth-order valence-corrected chi connectivity index (χ4v) is 9.79. The molecule has 69 heavy (non-hydrogen) atoms. The lowest BCUT2D eigenvalue weighted by molar-refractivity contribution is 0.846. The Labute approximate surface area is 401 Å². The zero-order valence-corrected chi connectivity index (χ0v) is 37.6. The van der Waals surface area contributed by atoms with Gasteiger partial charge in [-0.25, -0.2) is 15.0 Å². The van der Waals surface area contributed by atoms with Crippen molar-refractivity contribution in [2.45, 2.75) is 12.3 Å². The fraction of sp³-hybridized carbons (Fsp3) is 0.0312. The summed E-state index contributed by atoms with van der Waals surface area (Å²) in [5.74, 6) is 1.79. The molecule has 0 bridgehead atoms. The topological polar surface area (TPSA) is 67.4 Å². The van der Waals surface area contributed by atoms with Crippen LogP contribution in [0.2, 0.25) is 0 Å². The Morgan fingerprint density at radius 1 is 0.420 bits per heavy atom. The first-order valence-corrected chi connectivity index (χ1v) is 23.3. The molecule has 1 aliphatic carbocycles. The Balaban J connectivity index is 1.16. The molecule has 0 N–H and O–H groups in total. The third-order valence-electron chi connectivity index (χ3n) is 13.2. The number of rotatable bonds is 9. The highest BCUT2D eigenvalue weighted by Gasteiger charge is 2.26. The van der Waals surface area contributed by atoms with Crippen LogP contribution in [-0.4, -0.2) is 19.5 Å². The van der Waals surface area contributed by atoms with Crippen LogP contribution in [0.1, 0.15) is 29.0 Å². The minimum Gasteiger partial charge on any atom is -0.308 e. The minimum absolute atomic E-state index is 0.0201. The van der Waals surface area contributed by atoms with Gasteiger partial charge in [-0.2, -0.15) is 5.26 Å². The Kier molecular flexibility index (Phi) is 10.7. The van der Waals surface area contributed by atoms with Crippen molar-refractivity contribution in [3.05, 3.63) is 259 Å². The standard InChI is InChI=1S/C64H43N5/c65-42-43-26-36-59-57(38-43)58-39-53(46-20-10-3-11-21-46)35-37-60(58)69(59)61-55(49-31-27-47(28-32-49)44-16-6-1-7-17-44)40-54(41-56(61)50-33-29-48(30-34-50)45-18-8-2-9-19-45)64-67-62(51-22-12-4-13-23-51)66-63(68-64)52-24-14-5-15-25-52/h1-33,35-41,50H,34H2. The number of benzene rings is 9. The molecular formula is C64H43N5. The van der Waals surface area contributed by atoms with Crippen molar-refractivity contribution in [3.63, 3.8) is 0 Å². The second-order valence-corrected chi connectivity index (χ2v) is 17.4. The zero-order valence-electron chi connectivity index (χ0n) is 37.6. The number of nitriles is 1. The molecule has 12 rings (SSSR count). The number of hydrogen-bond donors (Lipinski definition) is 0. The maximum atomic E-state index is 10.3. The lowest BCUT2D eigenvalue weighted by Gasteiger charge is -2.25. The van der Waals surface area contributed by atoms with E-state index in [0.717, 1.165) is 89.5 Å². The molecule has 0 amide bonds. The number of allylic oxidation sites excluding steroid dienone is 4. The van der Waals surface area contributed by atoms with Gasteiger partial charge in [-0.3, -0.25) is 0 Å². The number of fused-ring (bicyclic) bond motifs is 3. The van der Waals surface area contributed by atoms with Gasteiger partial charge in [0.25, 0.3) is 0 Å². The average molecular weight is 882 g/mol. The van der Waals surface area contributed by atoms with Crippen LogP contribution in [0.5, 0.6) is 0 Å². The van der Waals surface area contributed by atoms with E-state index in [-0.39, 0.29) is 5.92 Å². The van der Waals surface area contributed by atoms with Gasteiger partial charge < -0.3 is 4.57 Å². The van der Waals surface area contributed by atoms with Crippen molar-refractivity contribution in [1.29, 1.82) is 5.26 Å². The van der Waals surface area contributed by atoms with Crippen molar-refractivity contribution in [2.75, 3.05) is 0 Å². The summed E-state index contributed by atoms with van der Waals surface area (Å²) in [6, 6.07) is 80.7. The highest BCUT2D eigenvalue weighted by atomic mass is 15.0. The molecule has 2 aromatic heterocycles. The van der Waals surface area contributed by atoms with E-state index >= 15 is 0 Å². The minimum atomic E-state index is -0.0201. The molecule has 1 unspecified atom stereocenters. The number of nitrogens with zero attached hydrogens (tertiary/aromatic N) is 5. The van der Waals surface area contributed by atoms with E-state index in [1.807, 2.05) is 54.6 Å². The van der Waals surface area contributed by atoms with Crippen LogP contribution >= 0.6 is 0 Å². The van der Waals surface area contributed by atoms with Crippen LogP contribution < -0.4 is 0 Å². The van der Waals surface area contributed by atoms with Crippen LogP contribution in [0, 0.1) is 11.3 Å². The van der Waals surface area contributed by atoms with Crippen LogP contribution in [0.3, 0.4) is 0 Å². The first-order chi connectivity index (χ1) is 34.1. The molecule has 0 aliphatic heterocycles. The maximum absolute atomic E-state index is 10.3. The summed E-state index contributed by atoms with van der Waals surface area (Å²) in [6.07, 6.45) is 7.78. The lowest BCUT2D eigenvalue weighted by Crippen LogP contribution is -2.09. The SMILES string of the molecule is N#Cc1ccc2c(c1)c1cc(-c3ccccc3)ccc1n2-c1c(-c2ccc(-c3ccccc3)cc2)cc(-c2nc(-c3ccccc3)nc(-c3ccccc3)n2)cc1C1C=CC(c2ccccc2)=CC1. The smallest absolute Gasteiger partial charge is 0.164 e. The molecule has 0 fully saturated rings. The van der Waals surface area contributed by atoms with E-state index in [4.69, 9.17) is 15.0 Å². The third kappa shape index (κ3) is 7.90. The molecule has 9 aromatic carbocycles. The molecule has 324 valence electrons. The van der Waals surface area contributed by atoms with Gasteiger partial charge in [0.2, 0.25) is 0 Å². The van der Waals surface area contributed by atoms with Gasteiger partial charge in [-0.15, -0.1) is 0 Å². The normalized spacial score (nSPS) is 13.3. The van der Waals surface area contributed by atoms with E-state index in [1.54, 1.807) is 0 Å². The van der Waals surface area contributed by atoms with E-state index in [0.29, 0.717) is 23.0 Å². The van der Waals surface area contributed by atoms with Crippen LogP contribution in [0.15, 0.2) is 243 Å². The summed E-state index contributed by atoms with van der Waals surface area (Å²) in [6.45, 7) is 0. The predicted octanol–water partition coefficient (Wildman–Crippen LogP) is 16.0. The van der Waals surface area contributed by atoms with Gasteiger partial charge in [0, 0.05) is 38.9 Å². The molecule has 1 aliphatic rings. The highest BCUT2D eigenvalue weighted by molar-refractivity contribution is 6.11. The molecule has 0 saturated heterocycles. The Hall–Kier alpha value is -9.24. The predicted molar refractivity (Wildman–Crippen MR) is 282 cm³/mol. The summed E-state index contributed by atoms with van der Waals surface area (Å²) in [7, 11) is 0. The van der Waals surface area contributed by atoms with Crippen molar-refractivity contribution < 1.29 is 0 Å². The van der Waals surface area contributed by atoms with Crippen molar-refractivity contribution in [3.8, 4) is 79.3 Å². The first-order valence-electron chi connectivity index (χ1n) is 23.3. The Bertz CT molecular complexity index is 3720. The van der Waals surface area contributed by atoms with Crippen molar-refractivity contribution in [1.82, 2.24) is 19.5 Å².